The largest absolute Gasteiger partial charge is 0.457 e. The predicted octanol–water partition coefficient (Wildman–Crippen LogP) is 2.73. The summed E-state index contributed by atoms with van der Waals surface area (Å²) >= 11 is 0. The van der Waals surface area contributed by atoms with Gasteiger partial charge >= 0.3 is 0 Å². The van der Waals surface area contributed by atoms with E-state index in [0.29, 0.717) is 28.9 Å². The van der Waals surface area contributed by atoms with Crippen molar-refractivity contribution in [2.24, 2.45) is 0 Å². The lowest BCUT2D eigenvalue weighted by Gasteiger charge is -2.12. The molecule has 0 unspecified atom stereocenters. The van der Waals surface area contributed by atoms with Gasteiger partial charge in [-0.15, -0.1) is 0 Å². The topological polar surface area (TPSA) is 84.2 Å². The summed E-state index contributed by atoms with van der Waals surface area (Å²) in [6, 6.07) is 8.58. The van der Waals surface area contributed by atoms with E-state index in [2.05, 4.69) is 0 Å². The molecule has 1 aliphatic carbocycles. The highest BCUT2D eigenvalue weighted by atomic mass is 32.2. The maximum absolute atomic E-state index is 13.5. The number of rotatable bonds is 4. The van der Waals surface area contributed by atoms with E-state index < -0.39 is 16.5 Å². The number of fused-ring (bicyclic) bond motifs is 1. The number of ether oxygens (including phenoxy) is 1. The Balaban J connectivity index is 2.03. The Morgan fingerprint density at radius 1 is 1.21 bits per heavy atom. The molecule has 2 aromatic carbocycles. The molecule has 0 radical (unpaired) electrons. The Morgan fingerprint density at radius 2 is 2.00 bits per heavy atom. The van der Waals surface area contributed by atoms with Gasteiger partial charge in [-0.25, -0.2) is 12.8 Å². The zero-order valence-corrected chi connectivity index (χ0v) is 13.3. The van der Waals surface area contributed by atoms with Gasteiger partial charge in [0, 0.05) is 23.6 Å². The number of benzene rings is 2. The molecule has 0 aromatic heterocycles. The number of thiol groups is 1. The molecule has 0 spiro atoms. The number of carbonyl (C=O) groups excluding carboxylic acids is 1. The van der Waals surface area contributed by atoms with Gasteiger partial charge in [-0.1, -0.05) is 6.07 Å². The average Bonchev–Trinajstić information content (AvgIpc) is 2.91. The lowest BCUT2D eigenvalue weighted by Crippen LogP contribution is -2.02. The fourth-order valence-electron chi connectivity index (χ4n) is 2.82. The van der Waals surface area contributed by atoms with Gasteiger partial charge in [0.05, 0.1) is 17.4 Å². The van der Waals surface area contributed by atoms with Crippen molar-refractivity contribution < 1.29 is 22.3 Å². The SMILES string of the molecule is N#Cc1cc(F)cc(Oc2ccc(C[SH](=O)=O)c3c2CCC3=O)c1. The number of carbonyl (C=O) groups is 1. The van der Waals surface area contributed by atoms with E-state index in [1.54, 1.807) is 6.07 Å². The molecule has 0 N–H and O–H groups in total. The standard InChI is InChI=1S/C17H12FNO4S/c18-12-5-10(8-19)6-13(7-12)23-16-4-1-11(9-24(21)22)17-14(16)2-3-15(17)20/h1,4-7,24H,2-3,9H2. The Labute approximate surface area is 139 Å². The summed E-state index contributed by atoms with van der Waals surface area (Å²) in [6.45, 7) is 0. The van der Waals surface area contributed by atoms with Gasteiger partial charge < -0.3 is 4.74 Å². The molecule has 0 heterocycles. The Hall–Kier alpha value is -2.72. The summed E-state index contributed by atoms with van der Waals surface area (Å²) in [6.07, 6.45) is 0.721. The van der Waals surface area contributed by atoms with Crippen molar-refractivity contribution in [3.63, 3.8) is 0 Å². The van der Waals surface area contributed by atoms with Crippen LogP contribution in [0.2, 0.25) is 0 Å². The van der Waals surface area contributed by atoms with Crippen LogP contribution in [0.3, 0.4) is 0 Å². The fourth-order valence-corrected chi connectivity index (χ4v) is 3.36. The zero-order chi connectivity index (χ0) is 17.3. The summed E-state index contributed by atoms with van der Waals surface area (Å²) < 4.78 is 41.1. The number of nitriles is 1. The maximum atomic E-state index is 13.5. The van der Waals surface area contributed by atoms with Crippen LogP contribution >= 0.6 is 0 Å². The van der Waals surface area contributed by atoms with Crippen LogP contribution in [-0.2, 0) is 22.9 Å². The monoisotopic (exact) mass is 345 g/mol. The number of halogens is 1. The smallest absolute Gasteiger partial charge is 0.163 e. The minimum atomic E-state index is -2.65. The summed E-state index contributed by atoms with van der Waals surface area (Å²) in [7, 11) is -2.65. The van der Waals surface area contributed by atoms with E-state index in [1.165, 1.54) is 12.1 Å². The summed E-state index contributed by atoms with van der Waals surface area (Å²) in [5, 5.41) is 8.89. The molecule has 7 heteroatoms. The summed E-state index contributed by atoms with van der Waals surface area (Å²) in [5.74, 6) is -0.413. The minimum absolute atomic E-state index is 0.123. The van der Waals surface area contributed by atoms with E-state index in [1.807, 2.05) is 6.07 Å². The third-order valence-electron chi connectivity index (χ3n) is 3.76. The number of ketones is 1. The van der Waals surface area contributed by atoms with Crippen molar-refractivity contribution in [2.75, 3.05) is 0 Å². The molecular formula is C17H12FNO4S. The van der Waals surface area contributed by atoms with Crippen LogP contribution in [0.15, 0.2) is 30.3 Å². The number of hydrogen-bond acceptors (Lipinski definition) is 5. The number of Topliss-reactive ketones (excluding diaryl/α,β-unsaturated/α-hetero) is 1. The Kier molecular flexibility index (Phi) is 4.32. The second-order valence-electron chi connectivity index (χ2n) is 5.38. The molecule has 24 heavy (non-hydrogen) atoms. The van der Waals surface area contributed by atoms with Crippen molar-refractivity contribution in [3.05, 3.63) is 58.4 Å². The lowest BCUT2D eigenvalue weighted by molar-refractivity contribution is 0.0994. The van der Waals surface area contributed by atoms with Gasteiger partial charge in [-0.05, 0) is 30.2 Å². The van der Waals surface area contributed by atoms with Crippen molar-refractivity contribution in [3.8, 4) is 17.6 Å². The molecule has 0 bridgehead atoms. The van der Waals surface area contributed by atoms with E-state index in [9.17, 15) is 17.6 Å². The zero-order valence-electron chi connectivity index (χ0n) is 12.4. The molecule has 0 saturated heterocycles. The number of nitrogens with zero attached hydrogens (tertiary/aromatic N) is 1. The third kappa shape index (κ3) is 3.14. The van der Waals surface area contributed by atoms with Crippen LogP contribution < -0.4 is 4.74 Å². The average molecular weight is 345 g/mol. The van der Waals surface area contributed by atoms with Crippen molar-refractivity contribution >= 4 is 16.5 Å². The third-order valence-corrected chi connectivity index (χ3v) is 4.36. The molecule has 0 atom stereocenters. The molecule has 1 aliphatic rings. The molecule has 2 aromatic rings. The van der Waals surface area contributed by atoms with E-state index >= 15 is 0 Å². The highest BCUT2D eigenvalue weighted by molar-refractivity contribution is 7.71. The van der Waals surface area contributed by atoms with Crippen molar-refractivity contribution in [1.29, 1.82) is 5.26 Å². The molecule has 5 nitrogen and oxygen atoms in total. The van der Waals surface area contributed by atoms with Crippen LogP contribution in [0, 0.1) is 17.1 Å². The van der Waals surface area contributed by atoms with E-state index in [0.717, 1.165) is 12.1 Å². The highest BCUT2D eigenvalue weighted by Crippen LogP contribution is 2.36. The van der Waals surface area contributed by atoms with Gasteiger partial charge in [0.25, 0.3) is 0 Å². The minimum Gasteiger partial charge on any atom is -0.457 e. The first kappa shape index (κ1) is 16.1. The summed E-state index contributed by atoms with van der Waals surface area (Å²) in [5.41, 5.74) is 1.58. The molecule has 0 fully saturated rings. The molecule has 0 saturated carbocycles. The quantitative estimate of drug-likeness (QED) is 0.862. The molecular weight excluding hydrogens is 333 g/mol. The van der Waals surface area contributed by atoms with E-state index in [-0.39, 0.29) is 29.3 Å². The van der Waals surface area contributed by atoms with Crippen LogP contribution in [0.1, 0.15) is 33.5 Å². The van der Waals surface area contributed by atoms with Crippen molar-refractivity contribution in [1.82, 2.24) is 0 Å². The molecule has 3 rings (SSSR count). The summed E-state index contributed by atoms with van der Waals surface area (Å²) in [4.78, 5) is 12.1. The first-order valence-electron chi connectivity index (χ1n) is 7.16. The van der Waals surface area contributed by atoms with Crippen LogP contribution in [0.4, 0.5) is 4.39 Å². The maximum Gasteiger partial charge on any atom is 0.163 e. The molecule has 0 aliphatic heterocycles. The Bertz CT molecular complexity index is 952. The Morgan fingerprint density at radius 3 is 2.71 bits per heavy atom. The normalized spacial score (nSPS) is 13.0. The van der Waals surface area contributed by atoms with Crippen LogP contribution in [0.5, 0.6) is 11.5 Å². The molecule has 122 valence electrons. The van der Waals surface area contributed by atoms with Gasteiger partial charge in [0.1, 0.15) is 28.0 Å². The predicted molar refractivity (Wildman–Crippen MR) is 84.3 cm³/mol. The van der Waals surface area contributed by atoms with Gasteiger partial charge in [-0.3, -0.25) is 4.79 Å². The van der Waals surface area contributed by atoms with Crippen LogP contribution in [0.25, 0.3) is 0 Å². The number of hydrogen-bond donors (Lipinski definition) is 1. The van der Waals surface area contributed by atoms with Gasteiger partial charge in [-0.2, -0.15) is 5.26 Å². The fraction of sp³-hybridized carbons (Fsp3) is 0.176. The lowest BCUT2D eigenvalue weighted by atomic mass is 10.0. The first-order chi connectivity index (χ1) is 11.5. The second-order valence-corrected chi connectivity index (χ2v) is 6.36. The van der Waals surface area contributed by atoms with E-state index in [4.69, 9.17) is 10.00 Å². The van der Waals surface area contributed by atoms with Gasteiger partial charge in [0.2, 0.25) is 0 Å². The van der Waals surface area contributed by atoms with Gasteiger partial charge in [0.15, 0.2) is 5.78 Å². The molecule has 0 amide bonds. The first-order valence-corrected chi connectivity index (χ1v) is 8.52. The highest BCUT2D eigenvalue weighted by Gasteiger charge is 2.27. The van der Waals surface area contributed by atoms with Crippen molar-refractivity contribution in [2.45, 2.75) is 18.6 Å². The second kappa shape index (κ2) is 6.42. The van der Waals surface area contributed by atoms with Crippen LogP contribution in [-0.4, -0.2) is 14.2 Å².